The minimum absolute atomic E-state index is 0.0391. The van der Waals surface area contributed by atoms with Crippen LogP contribution in [0.15, 0.2) is 53.9 Å². The van der Waals surface area contributed by atoms with Crippen LogP contribution in [0.25, 0.3) is 10.4 Å². The summed E-state index contributed by atoms with van der Waals surface area (Å²) in [5.74, 6) is -0.0391. The van der Waals surface area contributed by atoms with Gasteiger partial charge in [0.15, 0.2) is 0 Å². The van der Waals surface area contributed by atoms with E-state index in [1.165, 1.54) is 16.0 Å². The Labute approximate surface area is 176 Å². The number of benzene rings is 2. The predicted octanol–water partition coefficient (Wildman–Crippen LogP) is 4.91. The molecule has 1 aliphatic rings. The lowest BCUT2D eigenvalue weighted by molar-refractivity contribution is 0.0939. The van der Waals surface area contributed by atoms with Crippen molar-refractivity contribution in [3.8, 4) is 10.4 Å². The molecule has 0 aliphatic carbocycles. The summed E-state index contributed by atoms with van der Waals surface area (Å²) in [7, 11) is 0. The van der Waals surface area contributed by atoms with Gasteiger partial charge in [-0.1, -0.05) is 24.3 Å². The van der Waals surface area contributed by atoms with E-state index in [1.807, 2.05) is 32.0 Å². The molecule has 1 fully saturated rings. The summed E-state index contributed by atoms with van der Waals surface area (Å²) < 4.78 is 0. The fraction of sp³-hybridized carbons (Fsp3) is 0.292. The van der Waals surface area contributed by atoms with Crippen LogP contribution in [-0.4, -0.2) is 25.0 Å². The molecular weight excluding hydrogens is 378 g/mol. The number of carbonyl (C=O) groups is 1. The average Bonchev–Trinajstić information content (AvgIpc) is 3.12. The van der Waals surface area contributed by atoms with Crippen LogP contribution in [0.2, 0.25) is 0 Å². The number of hydrogen-bond donors (Lipinski definition) is 3. The number of nitrogens with one attached hydrogen (secondary N) is 3. The van der Waals surface area contributed by atoms with E-state index < -0.39 is 0 Å². The molecule has 0 spiro atoms. The van der Waals surface area contributed by atoms with Crippen molar-refractivity contribution in [2.75, 3.05) is 18.4 Å². The van der Waals surface area contributed by atoms with E-state index in [0.29, 0.717) is 6.04 Å². The Hall–Kier alpha value is -2.63. The largest absolute Gasteiger partial charge is 0.380 e. The van der Waals surface area contributed by atoms with Crippen LogP contribution in [0.1, 0.15) is 40.0 Å². The van der Waals surface area contributed by atoms with Gasteiger partial charge in [-0.25, -0.2) is 0 Å². The highest BCUT2D eigenvalue weighted by Gasteiger charge is 2.18. The first-order valence-corrected chi connectivity index (χ1v) is 10.9. The van der Waals surface area contributed by atoms with Gasteiger partial charge in [0.2, 0.25) is 0 Å². The smallest absolute Gasteiger partial charge is 0.252 e. The first kappa shape index (κ1) is 19.7. The van der Waals surface area contributed by atoms with Crippen molar-refractivity contribution in [3.63, 3.8) is 0 Å². The van der Waals surface area contributed by atoms with Gasteiger partial charge >= 0.3 is 0 Å². The molecule has 0 radical (unpaired) electrons. The summed E-state index contributed by atoms with van der Waals surface area (Å²) in [6.45, 7) is 8.06. The van der Waals surface area contributed by atoms with Gasteiger partial charge in [-0.2, -0.15) is 0 Å². The van der Waals surface area contributed by atoms with Crippen molar-refractivity contribution in [1.82, 2.24) is 10.6 Å². The van der Waals surface area contributed by atoms with Crippen LogP contribution in [-0.2, 0) is 0 Å². The van der Waals surface area contributed by atoms with Crippen LogP contribution in [0.5, 0.6) is 0 Å². The molecule has 1 aromatic heterocycles. The van der Waals surface area contributed by atoms with Gasteiger partial charge in [0, 0.05) is 29.2 Å². The molecule has 1 saturated heterocycles. The Kier molecular flexibility index (Phi) is 5.69. The van der Waals surface area contributed by atoms with E-state index in [0.717, 1.165) is 35.5 Å². The zero-order valence-electron chi connectivity index (χ0n) is 17.1. The summed E-state index contributed by atoms with van der Waals surface area (Å²) in [5, 5.41) is 12.1. The fourth-order valence-electron chi connectivity index (χ4n) is 3.48. The molecule has 150 valence electrons. The molecule has 5 heteroatoms. The number of thiophene rings is 1. The van der Waals surface area contributed by atoms with E-state index in [1.54, 1.807) is 11.3 Å². The van der Waals surface area contributed by atoms with Crippen LogP contribution >= 0.6 is 11.3 Å². The van der Waals surface area contributed by atoms with Gasteiger partial charge in [-0.05, 0) is 72.7 Å². The van der Waals surface area contributed by atoms with E-state index in [-0.39, 0.29) is 11.9 Å². The average molecular weight is 406 g/mol. The van der Waals surface area contributed by atoms with Crippen molar-refractivity contribution in [2.45, 2.75) is 32.9 Å². The van der Waals surface area contributed by atoms with Crippen LogP contribution < -0.4 is 16.0 Å². The van der Waals surface area contributed by atoms with E-state index in [9.17, 15) is 4.79 Å². The lowest BCUT2D eigenvalue weighted by Crippen LogP contribution is -2.51. The lowest BCUT2D eigenvalue weighted by Gasteiger charge is -2.29. The fourth-order valence-corrected chi connectivity index (χ4v) is 4.38. The SMILES string of the molecule is Cc1csc(-c2cccc([C@@H](C)NC(=O)c3cc(NC4CNC4)ccc3C)c2)c1. The normalized spacial score (nSPS) is 14.9. The zero-order chi connectivity index (χ0) is 20.4. The third-order valence-electron chi connectivity index (χ3n) is 5.38. The lowest BCUT2D eigenvalue weighted by atomic mass is 10.0. The molecule has 29 heavy (non-hydrogen) atoms. The van der Waals surface area contributed by atoms with Gasteiger partial charge in [0.05, 0.1) is 12.1 Å². The molecule has 1 amide bonds. The molecule has 1 atom stereocenters. The Morgan fingerprint density at radius 1 is 1.14 bits per heavy atom. The Morgan fingerprint density at radius 3 is 2.66 bits per heavy atom. The topological polar surface area (TPSA) is 53.2 Å². The molecular formula is C24H27N3OS. The van der Waals surface area contributed by atoms with Crippen LogP contribution in [0.3, 0.4) is 0 Å². The molecule has 3 aromatic rings. The highest BCUT2D eigenvalue weighted by molar-refractivity contribution is 7.13. The third-order valence-corrected chi connectivity index (χ3v) is 6.48. The van der Waals surface area contributed by atoms with Crippen molar-refractivity contribution < 1.29 is 4.79 Å². The predicted molar refractivity (Wildman–Crippen MR) is 122 cm³/mol. The summed E-state index contributed by atoms with van der Waals surface area (Å²) in [6, 6.07) is 17.0. The molecule has 1 aliphatic heterocycles. The number of amides is 1. The van der Waals surface area contributed by atoms with E-state index in [4.69, 9.17) is 0 Å². The molecule has 0 unspecified atom stereocenters. The second-order valence-corrected chi connectivity index (χ2v) is 8.75. The summed E-state index contributed by atoms with van der Waals surface area (Å²) in [5.41, 5.74) is 6.27. The minimum Gasteiger partial charge on any atom is -0.380 e. The maximum atomic E-state index is 13.0. The zero-order valence-corrected chi connectivity index (χ0v) is 17.9. The van der Waals surface area contributed by atoms with E-state index in [2.05, 4.69) is 58.6 Å². The minimum atomic E-state index is -0.0737. The molecule has 3 N–H and O–H groups in total. The number of rotatable bonds is 6. The molecule has 2 heterocycles. The van der Waals surface area contributed by atoms with Gasteiger partial charge in [-0.15, -0.1) is 11.3 Å². The maximum Gasteiger partial charge on any atom is 0.252 e. The molecule has 0 saturated carbocycles. The van der Waals surface area contributed by atoms with Crippen molar-refractivity contribution in [1.29, 1.82) is 0 Å². The number of anilines is 1. The first-order chi connectivity index (χ1) is 14.0. The summed E-state index contributed by atoms with van der Waals surface area (Å²) in [6.07, 6.45) is 0. The Bertz CT molecular complexity index is 1020. The first-order valence-electron chi connectivity index (χ1n) is 10.0. The Morgan fingerprint density at radius 2 is 1.97 bits per heavy atom. The Balaban J connectivity index is 1.49. The number of aryl methyl sites for hydroxylation is 2. The summed E-state index contributed by atoms with van der Waals surface area (Å²) >= 11 is 1.75. The van der Waals surface area contributed by atoms with Gasteiger partial charge in [-0.3, -0.25) is 4.79 Å². The number of hydrogen-bond acceptors (Lipinski definition) is 4. The molecule has 4 nitrogen and oxygen atoms in total. The van der Waals surface area contributed by atoms with Gasteiger partial charge in [0.1, 0.15) is 0 Å². The second kappa shape index (κ2) is 8.39. The highest BCUT2D eigenvalue weighted by Crippen LogP contribution is 2.29. The highest BCUT2D eigenvalue weighted by atomic mass is 32.1. The van der Waals surface area contributed by atoms with Gasteiger partial charge in [0.25, 0.3) is 5.91 Å². The quantitative estimate of drug-likeness (QED) is 0.546. The van der Waals surface area contributed by atoms with Crippen LogP contribution in [0.4, 0.5) is 5.69 Å². The second-order valence-electron chi connectivity index (χ2n) is 7.84. The monoisotopic (exact) mass is 405 g/mol. The van der Waals surface area contributed by atoms with Crippen LogP contribution in [0, 0.1) is 13.8 Å². The van der Waals surface area contributed by atoms with Gasteiger partial charge < -0.3 is 16.0 Å². The molecule has 4 rings (SSSR count). The molecule has 0 bridgehead atoms. The summed E-state index contributed by atoms with van der Waals surface area (Å²) in [4.78, 5) is 14.2. The molecule has 2 aromatic carbocycles. The van der Waals surface area contributed by atoms with Crippen molar-refractivity contribution >= 4 is 22.9 Å². The van der Waals surface area contributed by atoms with Crippen molar-refractivity contribution in [2.24, 2.45) is 0 Å². The van der Waals surface area contributed by atoms with Crippen molar-refractivity contribution in [3.05, 3.63) is 76.2 Å². The maximum absolute atomic E-state index is 13.0. The number of carbonyl (C=O) groups excluding carboxylic acids is 1. The van der Waals surface area contributed by atoms with E-state index >= 15 is 0 Å². The third kappa shape index (κ3) is 4.52. The standard InChI is InChI=1S/C24H27N3OS/c1-15-9-23(29-14-15)19-6-4-5-18(10-19)17(3)26-24(28)22-11-20(8-7-16(22)2)27-21-12-25-13-21/h4-11,14,17,21,25,27H,12-13H2,1-3H3,(H,26,28)/t17-/m1/s1.